The van der Waals surface area contributed by atoms with E-state index in [9.17, 15) is 0 Å². The van der Waals surface area contributed by atoms with Crippen molar-refractivity contribution in [3.8, 4) is 0 Å². The van der Waals surface area contributed by atoms with Gasteiger partial charge in [-0.3, -0.25) is 0 Å². The van der Waals surface area contributed by atoms with Crippen LogP contribution in [0, 0.1) is 0 Å². The summed E-state index contributed by atoms with van der Waals surface area (Å²) in [5.41, 5.74) is 4.13. The highest BCUT2D eigenvalue weighted by atomic mass is 31.0. The molecule has 1 unspecified atom stereocenters. The Kier molecular flexibility index (Phi) is 11.0. The first-order chi connectivity index (χ1) is 15.9. The van der Waals surface area contributed by atoms with Crippen molar-refractivity contribution in [2.75, 3.05) is 6.16 Å². The maximum atomic E-state index is 2.84. The van der Waals surface area contributed by atoms with E-state index in [1.165, 1.54) is 87.1 Å². The van der Waals surface area contributed by atoms with E-state index in [4.69, 9.17) is 0 Å². The molecule has 0 radical (unpaired) electrons. The molecule has 0 N–H and O–H groups in total. The normalized spacial score (nSPS) is 11.5. The lowest BCUT2D eigenvalue weighted by atomic mass is 9.66. The summed E-state index contributed by atoms with van der Waals surface area (Å²) in [7, 11) is 2.84. The second kappa shape index (κ2) is 14.3. The molecule has 0 bridgehead atoms. The molecular weight excluding hydrogens is 403 g/mol. The Hall–Kier alpha value is -1.91. The van der Waals surface area contributed by atoms with Crippen LogP contribution in [0.2, 0.25) is 0 Å². The molecule has 0 nitrogen and oxygen atoms in total. The van der Waals surface area contributed by atoms with E-state index in [1.807, 2.05) is 0 Å². The van der Waals surface area contributed by atoms with Crippen LogP contribution in [0.15, 0.2) is 91.0 Å². The Bertz CT molecular complexity index is 745. The maximum absolute atomic E-state index is 2.84. The van der Waals surface area contributed by atoms with Crippen LogP contribution < -0.4 is 0 Å². The zero-order chi connectivity index (χ0) is 22.3. The summed E-state index contributed by atoms with van der Waals surface area (Å²) in [6, 6.07) is 33.4. The van der Waals surface area contributed by atoms with Crippen LogP contribution in [0.4, 0.5) is 0 Å². The van der Waals surface area contributed by atoms with E-state index < -0.39 is 0 Å². The highest BCUT2D eigenvalue weighted by Gasteiger charge is 2.35. The van der Waals surface area contributed by atoms with Crippen LogP contribution in [0.1, 0.15) is 87.3 Å². The van der Waals surface area contributed by atoms with E-state index in [-0.39, 0.29) is 5.41 Å². The third kappa shape index (κ3) is 7.05. The van der Waals surface area contributed by atoms with Crippen molar-refractivity contribution in [3.63, 3.8) is 0 Å². The summed E-state index contributed by atoms with van der Waals surface area (Å²) in [6.07, 6.45) is 16.2. The van der Waals surface area contributed by atoms with Crippen LogP contribution in [-0.4, -0.2) is 6.16 Å². The summed E-state index contributed by atoms with van der Waals surface area (Å²) in [5.74, 6) is 0. The standard InChI is InChI=1S/C31H41P/c32-27-19-8-6-4-2-1-3-5-7-18-26-31(28-20-12-9-13-21-28,29-22-14-10-15-23-29)30-24-16-11-17-25-30/h9-17,20-25H,1-8,18-19,26-27,32H2. The van der Waals surface area contributed by atoms with Gasteiger partial charge in [-0.2, -0.15) is 0 Å². The minimum absolute atomic E-state index is 0.0820. The van der Waals surface area contributed by atoms with Crippen LogP contribution in [0.5, 0.6) is 0 Å². The quantitative estimate of drug-likeness (QED) is 0.124. The first-order valence-corrected chi connectivity index (χ1v) is 13.6. The maximum Gasteiger partial charge on any atom is 0.0451 e. The zero-order valence-corrected chi connectivity index (χ0v) is 20.9. The molecule has 3 aromatic carbocycles. The summed E-state index contributed by atoms with van der Waals surface area (Å²) >= 11 is 0. The van der Waals surface area contributed by atoms with E-state index in [1.54, 1.807) is 0 Å². The minimum Gasteiger partial charge on any atom is -0.138 e. The molecular formula is C31H41P. The van der Waals surface area contributed by atoms with Crippen molar-refractivity contribution in [1.29, 1.82) is 0 Å². The Morgan fingerprint density at radius 2 is 0.719 bits per heavy atom. The fourth-order valence-corrected chi connectivity index (χ4v) is 5.34. The number of hydrogen-bond acceptors (Lipinski definition) is 0. The van der Waals surface area contributed by atoms with Crippen molar-refractivity contribution in [2.24, 2.45) is 0 Å². The molecule has 1 atom stereocenters. The first kappa shape index (κ1) is 24.7. The van der Waals surface area contributed by atoms with Crippen LogP contribution in [0.3, 0.4) is 0 Å². The number of unbranched alkanes of at least 4 members (excludes halogenated alkanes) is 9. The Morgan fingerprint density at radius 1 is 0.406 bits per heavy atom. The van der Waals surface area contributed by atoms with E-state index in [0.717, 1.165) is 6.42 Å². The molecule has 0 spiro atoms. The Morgan fingerprint density at radius 3 is 1.06 bits per heavy atom. The van der Waals surface area contributed by atoms with Gasteiger partial charge in [0.15, 0.2) is 0 Å². The second-order valence-electron chi connectivity index (χ2n) is 9.08. The second-order valence-corrected chi connectivity index (χ2v) is 9.65. The SMILES string of the molecule is PCCCCCCCCCCCCC(c1ccccc1)(c1ccccc1)c1ccccc1. The smallest absolute Gasteiger partial charge is 0.0451 e. The summed E-state index contributed by atoms with van der Waals surface area (Å²) < 4.78 is 0. The lowest BCUT2D eigenvalue weighted by Gasteiger charge is -2.36. The summed E-state index contributed by atoms with van der Waals surface area (Å²) in [4.78, 5) is 0. The molecule has 0 saturated carbocycles. The fourth-order valence-electron chi connectivity index (χ4n) is 5.05. The summed E-state index contributed by atoms with van der Waals surface area (Å²) in [6.45, 7) is 0. The van der Waals surface area contributed by atoms with Gasteiger partial charge in [-0.05, 0) is 35.7 Å². The van der Waals surface area contributed by atoms with Gasteiger partial charge >= 0.3 is 0 Å². The molecule has 0 fully saturated rings. The third-order valence-corrected chi connectivity index (χ3v) is 7.21. The van der Waals surface area contributed by atoms with Crippen LogP contribution in [-0.2, 0) is 5.41 Å². The number of hydrogen-bond donors (Lipinski definition) is 0. The molecule has 32 heavy (non-hydrogen) atoms. The van der Waals surface area contributed by atoms with Gasteiger partial charge in [-0.15, -0.1) is 9.24 Å². The lowest BCUT2D eigenvalue weighted by molar-refractivity contribution is 0.493. The van der Waals surface area contributed by atoms with Gasteiger partial charge in [0.2, 0.25) is 0 Å². The lowest BCUT2D eigenvalue weighted by Crippen LogP contribution is -2.29. The molecule has 3 rings (SSSR count). The first-order valence-electron chi connectivity index (χ1n) is 12.7. The zero-order valence-electron chi connectivity index (χ0n) is 19.7. The average Bonchev–Trinajstić information content (AvgIpc) is 2.87. The molecule has 1 heteroatoms. The van der Waals surface area contributed by atoms with E-state index in [2.05, 4.69) is 100 Å². The van der Waals surface area contributed by atoms with Crippen molar-refractivity contribution in [3.05, 3.63) is 108 Å². The van der Waals surface area contributed by atoms with E-state index >= 15 is 0 Å². The Labute approximate surface area is 199 Å². The largest absolute Gasteiger partial charge is 0.138 e. The topological polar surface area (TPSA) is 0 Å². The highest BCUT2D eigenvalue weighted by Crippen LogP contribution is 2.43. The molecule has 170 valence electrons. The Balaban J connectivity index is 1.64. The molecule has 0 saturated heterocycles. The molecule has 0 amide bonds. The third-order valence-electron chi connectivity index (χ3n) is 6.81. The van der Waals surface area contributed by atoms with Gasteiger partial charge in [-0.25, -0.2) is 0 Å². The van der Waals surface area contributed by atoms with Gasteiger partial charge in [-0.1, -0.05) is 149 Å². The van der Waals surface area contributed by atoms with E-state index in [0.29, 0.717) is 0 Å². The minimum atomic E-state index is -0.0820. The molecule has 3 aromatic rings. The van der Waals surface area contributed by atoms with Crippen LogP contribution in [0.25, 0.3) is 0 Å². The molecule has 0 aliphatic rings. The number of benzene rings is 3. The van der Waals surface area contributed by atoms with Gasteiger partial charge in [0.1, 0.15) is 0 Å². The highest BCUT2D eigenvalue weighted by molar-refractivity contribution is 7.16. The van der Waals surface area contributed by atoms with Crippen molar-refractivity contribution in [2.45, 2.75) is 76.0 Å². The van der Waals surface area contributed by atoms with Gasteiger partial charge < -0.3 is 0 Å². The van der Waals surface area contributed by atoms with Crippen molar-refractivity contribution >= 4 is 9.24 Å². The van der Waals surface area contributed by atoms with Gasteiger partial charge in [0.05, 0.1) is 0 Å². The van der Waals surface area contributed by atoms with Gasteiger partial charge in [0, 0.05) is 5.41 Å². The molecule has 0 heterocycles. The summed E-state index contributed by atoms with van der Waals surface area (Å²) in [5, 5.41) is 0. The fraction of sp³-hybridized carbons (Fsp3) is 0.419. The van der Waals surface area contributed by atoms with Crippen molar-refractivity contribution < 1.29 is 0 Å². The van der Waals surface area contributed by atoms with Gasteiger partial charge in [0.25, 0.3) is 0 Å². The molecule has 0 aliphatic heterocycles. The number of rotatable bonds is 15. The predicted molar refractivity (Wildman–Crippen MR) is 145 cm³/mol. The predicted octanol–water partition coefficient (Wildman–Crippen LogP) is 9.19. The average molecular weight is 445 g/mol. The molecule has 0 aromatic heterocycles. The van der Waals surface area contributed by atoms with Crippen LogP contribution >= 0.6 is 9.24 Å². The molecule has 0 aliphatic carbocycles. The monoisotopic (exact) mass is 444 g/mol. The van der Waals surface area contributed by atoms with Crippen molar-refractivity contribution in [1.82, 2.24) is 0 Å².